The normalized spacial score (nSPS) is 19.6. The van der Waals surface area contributed by atoms with Gasteiger partial charge in [0.15, 0.2) is 0 Å². The quantitative estimate of drug-likeness (QED) is 0.804. The summed E-state index contributed by atoms with van der Waals surface area (Å²) in [5.74, 6) is 0.0971. The van der Waals surface area contributed by atoms with Crippen LogP contribution in [0, 0.1) is 6.92 Å². The van der Waals surface area contributed by atoms with Crippen molar-refractivity contribution >= 4 is 29.5 Å². The van der Waals surface area contributed by atoms with Crippen molar-refractivity contribution in [3.63, 3.8) is 0 Å². The van der Waals surface area contributed by atoms with Crippen LogP contribution in [-0.4, -0.2) is 59.9 Å². The maximum Gasteiger partial charge on any atom is 0.246 e. The minimum atomic E-state index is -0.141. The van der Waals surface area contributed by atoms with Crippen molar-refractivity contribution < 1.29 is 9.59 Å². The summed E-state index contributed by atoms with van der Waals surface area (Å²) < 4.78 is 0. The highest BCUT2D eigenvalue weighted by atomic mass is 35.5. The van der Waals surface area contributed by atoms with E-state index in [4.69, 9.17) is 11.6 Å². The number of benzene rings is 1. The van der Waals surface area contributed by atoms with Gasteiger partial charge in [0.1, 0.15) is 0 Å². The molecular formula is C20H26ClN3O2. The molecule has 0 bridgehead atoms. The van der Waals surface area contributed by atoms with Crippen molar-refractivity contribution in [2.75, 3.05) is 26.2 Å². The topological polar surface area (TPSA) is 52.7 Å². The monoisotopic (exact) mass is 375 g/mol. The lowest BCUT2D eigenvalue weighted by Crippen LogP contribution is -2.55. The van der Waals surface area contributed by atoms with Gasteiger partial charge in [-0.2, -0.15) is 0 Å². The summed E-state index contributed by atoms with van der Waals surface area (Å²) in [6, 6.07) is 5.99. The average molecular weight is 376 g/mol. The molecule has 1 heterocycles. The molecule has 26 heavy (non-hydrogen) atoms. The Balaban J connectivity index is 1.48. The number of nitrogens with one attached hydrogen (secondary N) is 1. The van der Waals surface area contributed by atoms with Gasteiger partial charge in [-0.1, -0.05) is 23.7 Å². The Hall–Kier alpha value is -1.85. The van der Waals surface area contributed by atoms with E-state index < -0.39 is 0 Å². The summed E-state index contributed by atoms with van der Waals surface area (Å²) in [7, 11) is 0. The van der Waals surface area contributed by atoms with Gasteiger partial charge in [-0.25, -0.2) is 0 Å². The van der Waals surface area contributed by atoms with E-state index in [1.54, 1.807) is 12.2 Å². The van der Waals surface area contributed by atoms with Gasteiger partial charge in [-0.05, 0) is 50.0 Å². The molecule has 2 amide bonds. The number of piperazine rings is 1. The SMILES string of the molecule is Cc1ccc(/C=C/C(=O)N2CCN(C(C)C(=O)NC3CC3)CC2)cc1Cl. The molecule has 0 aromatic heterocycles. The van der Waals surface area contributed by atoms with Crippen LogP contribution in [-0.2, 0) is 9.59 Å². The second kappa shape index (κ2) is 8.23. The molecule has 0 spiro atoms. The molecule has 1 unspecified atom stereocenters. The number of aryl methyl sites for hydroxylation is 1. The number of halogens is 1. The Labute approximate surface area is 160 Å². The lowest BCUT2D eigenvalue weighted by atomic mass is 10.1. The highest BCUT2D eigenvalue weighted by Gasteiger charge is 2.30. The van der Waals surface area contributed by atoms with Crippen LogP contribution in [0.3, 0.4) is 0 Å². The van der Waals surface area contributed by atoms with Crippen molar-refractivity contribution in [2.45, 2.75) is 38.8 Å². The smallest absolute Gasteiger partial charge is 0.246 e. The minimum Gasteiger partial charge on any atom is -0.352 e. The molecule has 5 nitrogen and oxygen atoms in total. The van der Waals surface area contributed by atoms with Crippen LogP contribution in [0.15, 0.2) is 24.3 Å². The third-order valence-electron chi connectivity index (χ3n) is 5.09. The maximum atomic E-state index is 12.4. The third-order valence-corrected chi connectivity index (χ3v) is 5.50. The molecule has 1 aliphatic heterocycles. The summed E-state index contributed by atoms with van der Waals surface area (Å²) in [5.41, 5.74) is 1.93. The molecule has 0 radical (unpaired) electrons. The first-order chi connectivity index (χ1) is 12.4. The van der Waals surface area contributed by atoms with E-state index >= 15 is 0 Å². The Morgan fingerprint density at radius 2 is 1.92 bits per heavy atom. The van der Waals surface area contributed by atoms with Gasteiger partial charge in [0, 0.05) is 43.3 Å². The molecule has 1 aromatic carbocycles. The first-order valence-electron chi connectivity index (χ1n) is 9.21. The van der Waals surface area contributed by atoms with Gasteiger partial charge >= 0.3 is 0 Å². The minimum absolute atomic E-state index is 0.00330. The highest BCUT2D eigenvalue weighted by Crippen LogP contribution is 2.20. The molecule has 2 aliphatic rings. The number of hydrogen-bond acceptors (Lipinski definition) is 3. The summed E-state index contributed by atoms with van der Waals surface area (Å²) >= 11 is 6.12. The number of rotatable bonds is 5. The van der Waals surface area contributed by atoms with E-state index in [1.165, 1.54) is 0 Å². The van der Waals surface area contributed by atoms with Crippen LogP contribution < -0.4 is 5.32 Å². The zero-order valence-corrected chi connectivity index (χ0v) is 16.1. The predicted molar refractivity (Wildman–Crippen MR) is 104 cm³/mol. The Kier molecular flexibility index (Phi) is 5.99. The zero-order valence-electron chi connectivity index (χ0n) is 15.4. The van der Waals surface area contributed by atoms with Crippen LogP contribution in [0.1, 0.15) is 30.9 Å². The van der Waals surface area contributed by atoms with Crippen molar-refractivity contribution in [3.8, 4) is 0 Å². The van der Waals surface area contributed by atoms with Crippen LogP contribution in [0.2, 0.25) is 5.02 Å². The second-order valence-corrected chi connectivity index (χ2v) is 7.57. The lowest BCUT2D eigenvalue weighted by molar-refractivity contribution is -0.130. The molecule has 1 saturated carbocycles. The Morgan fingerprint density at radius 1 is 1.23 bits per heavy atom. The van der Waals surface area contributed by atoms with Crippen LogP contribution in [0.4, 0.5) is 0 Å². The van der Waals surface area contributed by atoms with Crippen molar-refractivity contribution in [1.29, 1.82) is 0 Å². The van der Waals surface area contributed by atoms with Crippen LogP contribution in [0.5, 0.6) is 0 Å². The standard InChI is InChI=1S/C20H26ClN3O2/c1-14-3-4-16(13-18(14)21)5-8-19(25)24-11-9-23(10-12-24)15(2)20(26)22-17-6-7-17/h3-5,8,13,15,17H,6-7,9-12H2,1-2H3,(H,22,26)/b8-5+. The molecule has 2 fully saturated rings. The van der Waals surface area contributed by atoms with Crippen molar-refractivity contribution in [1.82, 2.24) is 15.1 Å². The van der Waals surface area contributed by atoms with Crippen molar-refractivity contribution in [3.05, 3.63) is 40.4 Å². The van der Waals surface area contributed by atoms with Crippen molar-refractivity contribution in [2.24, 2.45) is 0 Å². The molecule has 140 valence electrons. The van der Waals surface area contributed by atoms with Crippen LogP contribution >= 0.6 is 11.6 Å². The molecule has 1 aliphatic carbocycles. The van der Waals surface area contributed by atoms with Gasteiger partial charge in [-0.15, -0.1) is 0 Å². The Bertz CT molecular complexity index is 707. The van der Waals surface area contributed by atoms with Gasteiger partial charge in [0.25, 0.3) is 0 Å². The van der Waals surface area contributed by atoms with E-state index in [2.05, 4.69) is 10.2 Å². The summed E-state index contributed by atoms with van der Waals surface area (Å²) in [5, 5.41) is 3.75. The largest absolute Gasteiger partial charge is 0.352 e. The fraction of sp³-hybridized carbons (Fsp3) is 0.500. The fourth-order valence-corrected chi connectivity index (χ4v) is 3.22. The summed E-state index contributed by atoms with van der Waals surface area (Å²) in [6.45, 7) is 6.60. The summed E-state index contributed by atoms with van der Waals surface area (Å²) in [4.78, 5) is 28.5. The Morgan fingerprint density at radius 3 is 2.54 bits per heavy atom. The molecular weight excluding hydrogens is 350 g/mol. The molecule has 1 saturated heterocycles. The van der Waals surface area contributed by atoms with Gasteiger partial charge in [0.05, 0.1) is 6.04 Å². The van der Waals surface area contributed by atoms with E-state index in [1.807, 2.05) is 36.9 Å². The molecule has 3 rings (SSSR count). The van der Waals surface area contributed by atoms with E-state index in [9.17, 15) is 9.59 Å². The second-order valence-electron chi connectivity index (χ2n) is 7.16. The first-order valence-corrected chi connectivity index (χ1v) is 9.59. The van der Waals surface area contributed by atoms with Gasteiger partial charge in [-0.3, -0.25) is 14.5 Å². The first kappa shape index (κ1) is 18.9. The third kappa shape index (κ3) is 4.86. The molecule has 1 aromatic rings. The summed E-state index contributed by atoms with van der Waals surface area (Å²) in [6.07, 6.45) is 5.59. The average Bonchev–Trinajstić information content (AvgIpc) is 3.46. The van der Waals surface area contributed by atoms with E-state index in [-0.39, 0.29) is 17.9 Å². The van der Waals surface area contributed by atoms with Gasteiger partial charge in [0.2, 0.25) is 11.8 Å². The number of hydrogen-bond donors (Lipinski definition) is 1. The van der Waals surface area contributed by atoms with E-state index in [0.717, 1.165) is 37.1 Å². The number of amides is 2. The van der Waals surface area contributed by atoms with Crippen LogP contribution in [0.25, 0.3) is 6.08 Å². The molecule has 1 N–H and O–H groups in total. The van der Waals surface area contributed by atoms with Gasteiger partial charge < -0.3 is 10.2 Å². The highest BCUT2D eigenvalue weighted by molar-refractivity contribution is 6.31. The van der Waals surface area contributed by atoms with E-state index in [0.29, 0.717) is 24.2 Å². The zero-order chi connectivity index (χ0) is 18.7. The number of nitrogens with zero attached hydrogens (tertiary/aromatic N) is 2. The lowest BCUT2D eigenvalue weighted by Gasteiger charge is -2.37. The molecule has 1 atom stereocenters. The molecule has 6 heteroatoms. The predicted octanol–water partition coefficient (Wildman–Crippen LogP) is 2.47. The maximum absolute atomic E-state index is 12.4. The number of carbonyl (C=O) groups is 2. The number of carbonyl (C=O) groups excluding carboxylic acids is 2. The fourth-order valence-electron chi connectivity index (χ4n) is 3.03.